The summed E-state index contributed by atoms with van der Waals surface area (Å²) in [5.74, 6) is -0.0392. The van der Waals surface area contributed by atoms with Crippen molar-refractivity contribution in [1.29, 1.82) is 0 Å². The molecule has 0 aliphatic heterocycles. The molecule has 88 valence electrons. The number of nitrogens with one attached hydrogen (secondary N) is 1. The lowest BCUT2D eigenvalue weighted by Crippen LogP contribution is -1.97. The average molecular weight is 295 g/mol. The molecule has 0 unspecified atom stereocenters. The van der Waals surface area contributed by atoms with E-state index < -0.39 is 5.97 Å². The zero-order chi connectivity index (χ0) is 12.3. The van der Waals surface area contributed by atoms with Crippen molar-refractivity contribution in [2.45, 2.75) is 12.8 Å². The van der Waals surface area contributed by atoms with Crippen LogP contribution in [0.15, 0.2) is 34.9 Å². The molecule has 0 fully saturated rings. The smallest absolute Gasteiger partial charge is 0.303 e. The zero-order valence-electron chi connectivity index (χ0n) is 8.98. The van der Waals surface area contributed by atoms with Crippen molar-refractivity contribution in [2.24, 2.45) is 0 Å². The summed E-state index contributed by atoms with van der Waals surface area (Å²) in [5.41, 5.74) is 1.82. The van der Waals surface area contributed by atoms with Gasteiger partial charge in [-0.1, -0.05) is 28.1 Å². The lowest BCUT2D eigenvalue weighted by molar-refractivity contribution is -0.136. The molecule has 0 spiro atoms. The Kier molecular flexibility index (Phi) is 3.58. The fourth-order valence-corrected chi connectivity index (χ4v) is 1.75. The minimum absolute atomic E-state index is 0.113. The van der Waals surface area contributed by atoms with Crippen LogP contribution in [0.3, 0.4) is 0 Å². The quantitative estimate of drug-likeness (QED) is 0.911. The molecule has 2 N–H and O–H groups in total. The molecule has 1 heterocycles. The number of rotatable bonds is 4. The van der Waals surface area contributed by atoms with Crippen molar-refractivity contribution in [3.8, 4) is 11.4 Å². The maximum Gasteiger partial charge on any atom is 0.303 e. The molecule has 1 aromatic heterocycles. The Morgan fingerprint density at radius 2 is 2.06 bits per heavy atom. The summed E-state index contributed by atoms with van der Waals surface area (Å²) in [6, 6.07) is 7.78. The molecule has 0 saturated heterocycles. The summed E-state index contributed by atoms with van der Waals surface area (Å²) < 4.78 is 1.01. The van der Waals surface area contributed by atoms with E-state index in [2.05, 4.69) is 25.9 Å². The van der Waals surface area contributed by atoms with Crippen LogP contribution in [0.25, 0.3) is 11.4 Å². The van der Waals surface area contributed by atoms with Crippen molar-refractivity contribution in [1.82, 2.24) is 9.97 Å². The summed E-state index contributed by atoms with van der Waals surface area (Å²) in [6.07, 6.45) is 2.27. The van der Waals surface area contributed by atoms with Crippen LogP contribution in [0.2, 0.25) is 0 Å². The van der Waals surface area contributed by atoms with Gasteiger partial charge in [-0.15, -0.1) is 0 Å². The molecule has 5 heteroatoms. The first-order valence-corrected chi connectivity index (χ1v) is 5.96. The zero-order valence-corrected chi connectivity index (χ0v) is 10.6. The van der Waals surface area contributed by atoms with Crippen LogP contribution in [0.1, 0.15) is 12.1 Å². The van der Waals surface area contributed by atoms with Crippen LogP contribution in [0, 0.1) is 0 Å². The van der Waals surface area contributed by atoms with Gasteiger partial charge in [0.25, 0.3) is 0 Å². The van der Waals surface area contributed by atoms with Gasteiger partial charge in [0.15, 0.2) is 0 Å². The Morgan fingerprint density at radius 1 is 1.35 bits per heavy atom. The van der Waals surface area contributed by atoms with Gasteiger partial charge >= 0.3 is 5.97 Å². The van der Waals surface area contributed by atoms with Gasteiger partial charge in [0.1, 0.15) is 5.82 Å². The van der Waals surface area contributed by atoms with Crippen molar-refractivity contribution >= 4 is 21.9 Å². The van der Waals surface area contributed by atoms with Crippen molar-refractivity contribution < 1.29 is 9.90 Å². The standard InChI is InChI=1S/C12H11BrN2O2/c13-9-3-1-8(2-4-9)12-14-7-10(15-12)5-6-11(16)17/h1-4,7H,5-6H2,(H,14,15)(H,16,17). The van der Waals surface area contributed by atoms with E-state index in [0.717, 1.165) is 21.6 Å². The van der Waals surface area contributed by atoms with Crippen LogP contribution in [0.5, 0.6) is 0 Å². The number of aromatic nitrogens is 2. The maximum absolute atomic E-state index is 10.4. The normalized spacial score (nSPS) is 10.4. The van der Waals surface area contributed by atoms with Crippen molar-refractivity contribution in [3.63, 3.8) is 0 Å². The highest BCUT2D eigenvalue weighted by atomic mass is 79.9. The Hall–Kier alpha value is -1.62. The number of aromatic amines is 1. The minimum atomic E-state index is -0.801. The number of carbonyl (C=O) groups is 1. The van der Waals surface area contributed by atoms with Crippen molar-refractivity contribution in [3.05, 3.63) is 40.6 Å². The predicted octanol–water partition coefficient (Wildman–Crippen LogP) is 2.86. The van der Waals surface area contributed by atoms with Crippen LogP contribution >= 0.6 is 15.9 Å². The van der Waals surface area contributed by atoms with E-state index >= 15 is 0 Å². The highest BCUT2D eigenvalue weighted by molar-refractivity contribution is 9.10. The van der Waals surface area contributed by atoms with Gasteiger partial charge in [-0.3, -0.25) is 4.79 Å². The summed E-state index contributed by atoms with van der Waals surface area (Å²) >= 11 is 3.37. The highest BCUT2D eigenvalue weighted by Crippen LogP contribution is 2.19. The SMILES string of the molecule is O=C(O)CCc1cnc(-c2ccc(Br)cc2)[nH]1. The topological polar surface area (TPSA) is 66.0 Å². The van der Waals surface area contributed by atoms with Gasteiger partial charge < -0.3 is 10.1 Å². The molecule has 2 rings (SSSR count). The largest absolute Gasteiger partial charge is 0.481 e. The number of nitrogens with zero attached hydrogens (tertiary/aromatic N) is 1. The summed E-state index contributed by atoms with van der Waals surface area (Å²) in [4.78, 5) is 17.8. The molecule has 0 aliphatic rings. The number of carboxylic acids is 1. The van der Waals surface area contributed by atoms with Crippen LogP contribution in [-0.4, -0.2) is 21.0 Å². The van der Waals surface area contributed by atoms with Crippen molar-refractivity contribution in [2.75, 3.05) is 0 Å². The van der Waals surface area contributed by atoms with Crippen LogP contribution < -0.4 is 0 Å². The highest BCUT2D eigenvalue weighted by Gasteiger charge is 2.05. The van der Waals surface area contributed by atoms with Crippen LogP contribution in [0.4, 0.5) is 0 Å². The number of hydrogen-bond acceptors (Lipinski definition) is 2. The third kappa shape index (κ3) is 3.17. The third-order valence-electron chi connectivity index (χ3n) is 2.35. The van der Waals surface area contributed by atoms with E-state index in [4.69, 9.17) is 5.11 Å². The Labute approximate surface area is 107 Å². The summed E-state index contributed by atoms with van der Waals surface area (Å²) in [7, 11) is 0. The fourth-order valence-electron chi connectivity index (χ4n) is 1.48. The Bertz CT molecular complexity index is 520. The molecule has 0 aliphatic carbocycles. The predicted molar refractivity (Wildman–Crippen MR) is 67.7 cm³/mol. The number of carboxylic acid groups (broad SMARTS) is 1. The van der Waals surface area contributed by atoms with E-state index in [1.807, 2.05) is 24.3 Å². The second kappa shape index (κ2) is 5.14. The molecule has 0 atom stereocenters. The average Bonchev–Trinajstić information content (AvgIpc) is 2.76. The molecular weight excluding hydrogens is 284 g/mol. The van der Waals surface area contributed by atoms with Crippen LogP contribution in [-0.2, 0) is 11.2 Å². The van der Waals surface area contributed by atoms with Gasteiger partial charge in [-0.05, 0) is 18.6 Å². The first kappa shape index (κ1) is 11.9. The molecule has 0 bridgehead atoms. The minimum Gasteiger partial charge on any atom is -0.481 e. The first-order valence-electron chi connectivity index (χ1n) is 5.17. The molecular formula is C12H11BrN2O2. The van der Waals surface area contributed by atoms with E-state index in [0.29, 0.717) is 6.42 Å². The maximum atomic E-state index is 10.4. The number of aryl methyl sites for hydroxylation is 1. The molecule has 17 heavy (non-hydrogen) atoms. The molecule has 0 saturated carbocycles. The fraction of sp³-hybridized carbons (Fsp3) is 0.167. The lowest BCUT2D eigenvalue weighted by Gasteiger charge is -1.97. The number of hydrogen-bond donors (Lipinski definition) is 2. The number of halogens is 1. The molecule has 0 amide bonds. The van der Waals surface area contributed by atoms with Gasteiger partial charge in [-0.2, -0.15) is 0 Å². The lowest BCUT2D eigenvalue weighted by atomic mass is 10.2. The van der Waals surface area contributed by atoms with E-state index in [9.17, 15) is 4.79 Å². The first-order chi connectivity index (χ1) is 8.15. The number of benzene rings is 1. The second-order valence-corrected chi connectivity index (χ2v) is 4.57. The molecule has 4 nitrogen and oxygen atoms in total. The number of imidazole rings is 1. The summed E-state index contributed by atoms with van der Waals surface area (Å²) in [5, 5.41) is 8.59. The van der Waals surface area contributed by atoms with E-state index in [1.165, 1.54) is 0 Å². The third-order valence-corrected chi connectivity index (χ3v) is 2.88. The molecule has 2 aromatic rings. The molecule has 1 aromatic carbocycles. The Morgan fingerprint density at radius 3 is 2.71 bits per heavy atom. The summed E-state index contributed by atoms with van der Waals surface area (Å²) in [6.45, 7) is 0. The number of aliphatic carboxylic acids is 1. The van der Waals surface area contributed by atoms with Gasteiger partial charge in [0, 0.05) is 21.9 Å². The van der Waals surface area contributed by atoms with Gasteiger partial charge in [0.2, 0.25) is 0 Å². The van der Waals surface area contributed by atoms with E-state index in [1.54, 1.807) is 6.20 Å². The Balaban J connectivity index is 2.12. The molecule has 0 radical (unpaired) electrons. The second-order valence-electron chi connectivity index (χ2n) is 3.66. The van der Waals surface area contributed by atoms with Gasteiger partial charge in [0.05, 0.1) is 6.42 Å². The van der Waals surface area contributed by atoms with Gasteiger partial charge in [-0.25, -0.2) is 4.98 Å². The monoisotopic (exact) mass is 294 g/mol. The number of H-pyrrole nitrogens is 1. The van der Waals surface area contributed by atoms with E-state index in [-0.39, 0.29) is 6.42 Å².